The lowest BCUT2D eigenvalue weighted by Crippen LogP contribution is -2.29. The molecule has 1 saturated heterocycles. The van der Waals surface area contributed by atoms with Gasteiger partial charge in [0.25, 0.3) is 0 Å². The Morgan fingerprint density at radius 3 is 2.48 bits per heavy atom. The summed E-state index contributed by atoms with van der Waals surface area (Å²) in [6.07, 6.45) is 3.11. The number of likely N-dealkylation sites (tertiary alicyclic amines) is 1. The molecule has 1 aliphatic rings. The van der Waals surface area contributed by atoms with Crippen molar-refractivity contribution in [2.24, 2.45) is 0 Å². The van der Waals surface area contributed by atoms with Crippen molar-refractivity contribution in [3.8, 4) is 11.5 Å². The van der Waals surface area contributed by atoms with Gasteiger partial charge >= 0.3 is 11.9 Å². The zero-order chi connectivity index (χ0) is 23.8. The van der Waals surface area contributed by atoms with Crippen LogP contribution in [0.5, 0.6) is 11.5 Å². The van der Waals surface area contributed by atoms with E-state index in [1.165, 1.54) is 26.7 Å². The molecule has 1 N–H and O–H groups in total. The number of ether oxygens (including phenoxy) is 3. The van der Waals surface area contributed by atoms with Gasteiger partial charge in [0.05, 0.1) is 33.1 Å². The second-order valence-corrected chi connectivity index (χ2v) is 7.86. The summed E-state index contributed by atoms with van der Waals surface area (Å²) < 4.78 is 21.1. The van der Waals surface area contributed by atoms with E-state index in [9.17, 15) is 19.5 Å². The van der Waals surface area contributed by atoms with E-state index < -0.39 is 29.0 Å². The van der Waals surface area contributed by atoms with Crippen molar-refractivity contribution >= 4 is 11.9 Å². The van der Waals surface area contributed by atoms with Gasteiger partial charge in [0.2, 0.25) is 11.2 Å². The zero-order valence-electron chi connectivity index (χ0n) is 18.9. The highest BCUT2D eigenvalue weighted by molar-refractivity contribution is 5.72. The number of aromatic hydroxyl groups is 1. The van der Waals surface area contributed by atoms with Crippen molar-refractivity contribution in [1.82, 2.24) is 4.90 Å². The van der Waals surface area contributed by atoms with E-state index in [4.69, 9.17) is 13.9 Å². The van der Waals surface area contributed by atoms with E-state index >= 15 is 0 Å². The van der Waals surface area contributed by atoms with Crippen LogP contribution in [0.3, 0.4) is 0 Å². The fraction of sp³-hybridized carbons (Fsp3) is 0.458. The summed E-state index contributed by atoms with van der Waals surface area (Å²) in [5, 5.41) is 10.6. The van der Waals surface area contributed by atoms with Crippen LogP contribution in [-0.4, -0.2) is 55.9 Å². The van der Waals surface area contributed by atoms with E-state index in [1.807, 2.05) is 0 Å². The summed E-state index contributed by atoms with van der Waals surface area (Å²) in [6, 6.07) is 8.00. The van der Waals surface area contributed by atoms with Gasteiger partial charge in [-0.25, -0.2) is 4.79 Å². The lowest BCUT2D eigenvalue weighted by Gasteiger charge is -2.26. The predicted molar refractivity (Wildman–Crippen MR) is 118 cm³/mol. The van der Waals surface area contributed by atoms with Crippen LogP contribution in [-0.2, 0) is 25.6 Å². The Hall–Kier alpha value is -3.33. The number of rotatable bonds is 9. The number of esters is 2. The molecule has 178 valence electrons. The third-order valence-corrected chi connectivity index (χ3v) is 5.61. The fourth-order valence-electron chi connectivity index (χ4n) is 3.90. The van der Waals surface area contributed by atoms with Crippen LogP contribution in [0, 0.1) is 0 Å². The van der Waals surface area contributed by atoms with E-state index in [0.717, 1.165) is 25.9 Å². The lowest BCUT2D eigenvalue weighted by atomic mass is 9.91. The molecule has 9 heteroatoms. The summed E-state index contributed by atoms with van der Waals surface area (Å²) in [6.45, 7) is 1.88. The minimum atomic E-state index is -0.875. The van der Waals surface area contributed by atoms with Gasteiger partial charge in [0.1, 0.15) is 11.5 Å². The van der Waals surface area contributed by atoms with Crippen LogP contribution in [0.25, 0.3) is 0 Å². The summed E-state index contributed by atoms with van der Waals surface area (Å²) >= 11 is 0. The molecule has 0 bridgehead atoms. The van der Waals surface area contributed by atoms with Gasteiger partial charge in [-0.3, -0.25) is 14.5 Å². The molecule has 2 aromatic rings. The van der Waals surface area contributed by atoms with Gasteiger partial charge in [-0.05, 0) is 32.0 Å². The summed E-state index contributed by atoms with van der Waals surface area (Å²) in [7, 11) is 2.50. The van der Waals surface area contributed by atoms with Gasteiger partial charge in [0, 0.05) is 11.6 Å². The van der Waals surface area contributed by atoms with Crippen LogP contribution in [0.15, 0.2) is 39.5 Å². The number of hydrogen-bond acceptors (Lipinski definition) is 9. The van der Waals surface area contributed by atoms with Crippen LogP contribution < -0.4 is 10.2 Å². The van der Waals surface area contributed by atoms with Crippen LogP contribution in [0.4, 0.5) is 0 Å². The van der Waals surface area contributed by atoms with Crippen molar-refractivity contribution in [3.05, 3.63) is 57.6 Å². The lowest BCUT2D eigenvalue weighted by molar-refractivity contribution is -0.143. The minimum Gasteiger partial charge on any atom is -0.502 e. The minimum absolute atomic E-state index is 0.0472. The van der Waals surface area contributed by atoms with Crippen LogP contribution in [0.1, 0.15) is 48.7 Å². The monoisotopic (exact) mass is 459 g/mol. The normalized spacial score (nSPS) is 15.0. The predicted octanol–water partition coefficient (Wildman–Crippen LogP) is 2.58. The van der Waals surface area contributed by atoms with Gasteiger partial charge < -0.3 is 23.7 Å². The van der Waals surface area contributed by atoms with Gasteiger partial charge in [-0.2, -0.15) is 0 Å². The van der Waals surface area contributed by atoms with Crippen molar-refractivity contribution in [3.63, 3.8) is 0 Å². The first-order valence-corrected chi connectivity index (χ1v) is 10.9. The Morgan fingerprint density at radius 2 is 1.79 bits per heavy atom. The number of carbonyl (C=O) groups is 2. The average Bonchev–Trinajstić information content (AvgIpc) is 2.84. The molecule has 0 unspecified atom stereocenters. The molecule has 3 rings (SSSR count). The highest BCUT2D eigenvalue weighted by atomic mass is 16.6. The highest BCUT2D eigenvalue weighted by Gasteiger charge is 2.29. The Kier molecular flexibility index (Phi) is 8.48. The first-order chi connectivity index (χ1) is 15.9. The molecule has 1 aliphatic heterocycles. The molecule has 1 aromatic carbocycles. The number of piperidine rings is 1. The van der Waals surface area contributed by atoms with Gasteiger partial charge in [-0.1, -0.05) is 24.6 Å². The summed E-state index contributed by atoms with van der Waals surface area (Å²) in [5.41, 5.74) is -0.133. The smallest absolute Gasteiger partial charge is 0.343 e. The maximum atomic E-state index is 12.6. The number of nitrogens with zero attached hydrogens (tertiary/aromatic N) is 1. The topological polar surface area (TPSA) is 116 Å². The molecule has 0 spiro atoms. The molecule has 0 radical (unpaired) electrons. The largest absolute Gasteiger partial charge is 0.502 e. The van der Waals surface area contributed by atoms with Crippen molar-refractivity contribution in [1.29, 1.82) is 0 Å². The second-order valence-electron chi connectivity index (χ2n) is 7.86. The Balaban J connectivity index is 2.01. The molecule has 2 heterocycles. The Bertz CT molecular complexity index is 1030. The highest BCUT2D eigenvalue weighted by Crippen LogP contribution is 2.38. The molecule has 1 aromatic heterocycles. The first-order valence-electron chi connectivity index (χ1n) is 10.9. The van der Waals surface area contributed by atoms with Crippen molar-refractivity contribution < 1.29 is 33.3 Å². The Labute approximate surface area is 191 Å². The molecular weight excluding hydrogens is 430 g/mol. The molecule has 33 heavy (non-hydrogen) atoms. The second kappa shape index (κ2) is 11.5. The van der Waals surface area contributed by atoms with E-state index in [0.29, 0.717) is 23.6 Å². The molecule has 1 atom stereocenters. The standard InChI is InChI=1S/C24H29NO8/c1-30-21(27)13-18(17-8-4-5-9-20(17)32-15-22(28)31-2)24-23(29)19(26)12-16(33-24)14-25-10-6-3-7-11-25/h4-5,8-9,12,18,29H,3,6-7,10-11,13-15H2,1-2H3/t18-/m0/s1. The first kappa shape index (κ1) is 24.3. The number of carbonyl (C=O) groups excluding carboxylic acids is 2. The molecule has 9 nitrogen and oxygen atoms in total. The summed E-state index contributed by atoms with van der Waals surface area (Å²) in [4.78, 5) is 38.6. The van der Waals surface area contributed by atoms with Crippen molar-refractivity contribution in [2.75, 3.05) is 33.9 Å². The summed E-state index contributed by atoms with van der Waals surface area (Å²) in [5.74, 6) is -1.94. The third kappa shape index (κ3) is 6.35. The number of hydrogen-bond donors (Lipinski definition) is 1. The molecule has 0 aliphatic carbocycles. The van der Waals surface area contributed by atoms with E-state index in [2.05, 4.69) is 9.64 Å². The van der Waals surface area contributed by atoms with Gasteiger partial charge in [0.15, 0.2) is 12.4 Å². The molecule has 0 amide bonds. The fourth-order valence-corrected chi connectivity index (χ4v) is 3.90. The number of para-hydroxylation sites is 1. The van der Waals surface area contributed by atoms with Crippen LogP contribution >= 0.6 is 0 Å². The SMILES string of the molecule is COC(=O)COc1ccccc1[C@H](CC(=O)OC)c1oc(CN2CCCCC2)cc(=O)c1O. The third-order valence-electron chi connectivity index (χ3n) is 5.61. The Morgan fingerprint density at radius 1 is 1.09 bits per heavy atom. The van der Waals surface area contributed by atoms with Crippen LogP contribution in [0.2, 0.25) is 0 Å². The van der Waals surface area contributed by atoms with E-state index in [-0.39, 0.29) is 18.8 Å². The number of benzene rings is 1. The zero-order valence-corrected chi connectivity index (χ0v) is 18.9. The number of methoxy groups -OCH3 is 2. The van der Waals surface area contributed by atoms with Gasteiger partial charge in [-0.15, -0.1) is 0 Å². The molecule has 0 saturated carbocycles. The van der Waals surface area contributed by atoms with Crippen molar-refractivity contribution in [2.45, 2.75) is 38.1 Å². The maximum Gasteiger partial charge on any atom is 0.343 e. The molecule has 1 fully saturated rings. The van der Waals surface area contributed by atoms with E-state index in [1.54, 1.807) is 24.3 Å². The average molecular weight is 459 g/mol. The molecular formula is C24H29NO8. The maximum absolute atomic E-state index is 12.6. The quantitative estimate of drug-likeness (QED) is 0.565.